The molecule has 1 fully saturated rings. The van der Waals surface area contributed by atoms with Crippen LogP contribution >= 0.6 is 0 Å². The van der Waals surface area contributed by atoms with Crippen molar-refractivity contribution < 1.29 is 18.7 Å². The van der Waals surface area contributed by atoms with Gasteiger partial charge in [-0.25, -0.2) is 4.39 Å². The SMILES string of the molecule is COc1ccc(NC(=O)C2(C(C)=O)CC2)cc1F. The third-order valence-corrected chi connectivity index (χ3v) is 3.27. The van der Waals surface area contributed by atoms with Crippen molar-refractivity contribution in [3.63, 3.8) is 0 Å². The molecule has 1 aromatic carbocycles. The number of hydrogen-bond donors (Lipinski definition) is 1. The van der Waals surface area contributed by atoms with Gasteiger partial charge in [0.05, 0.1) is 7.11 Å². The van der Waals surface area contributed by atoms with Gasteiger partial charge in [-0.2, -0.15) is 0 Å². The first-order valence-corrected chi connectivity index (χ1v) is 5.65. The van der Waals surface area contributed by atoms with Crippen molar-refractivity contribution in [2.24, 2.45) is 5.41 Å². The summed E-state index contributed by atoms with van der Waals surface area (Å²) in [7, 11) is 1.37. The normalized spacial score (nSPS) is 15.9. The summed E-state index contributed by atoms with van der Waals surface area (Å²) in [5.74, 6) is -0.947. The van der Waals surface area contributed by atoms with Gasteiger partial charge in [0.25, 0.3) is 0 Å². The van der Waals surface area contributed by atoms with E-state index in [1.54, 1.807) is 0 Å². The van der Waals surface area contributed by atoms with Gasteiger partial charge in [-0.15, -0.1) is 0 Å². The zero-order valence-electron chi connectivity index (χ0n) is 10.2. The highest BCUT2D eigenvalue weighted by atomic mass is 19.1. The number of anilines is 1. The van der Waals surface area contributed by atoms with Crippen LogP contribution in [0.3, 0.4) is 0 Å². The van der Waals surface area contributed by atoms with E-state index in [9.17, 15) is 14.0 Å². The Bertz CT molecular complexity index is 509. The quantitative estimate of drug-likeness (QED) is 0.834. The molecule has 0 atom stereocenters. The van der Waals surface area contributed by atoms with Gasteiger partial charge < -0.3 is 10.1 Å². The van der Waals surface area contributed by atoms with Gasteiger partial charge in [0.2, 0.25) is 5.91 Å². The van der Waals surface area contributed by atoms with Gasteiger partial charge >= 0.3 is 0 Å². The molecule has 0 radical (unpaired) electrons. The van der Waals surface area contributed by atoms with Gasteiger partial charge in [-0.05, 0) is 31.9 Å². The zero-order valence-corrected chi connectivity index (χ0v) is 10.2. The van der Waals surface area contributed by atoms with Crippen LogP contribution in [0.4, 0.5) is 10.1 Å². The average molecular weight is 251 g/mol. The smallest absolute Gasteiger partial charge is 0.238 e. The molecule has 18 heavy (non-hydrogen) atoms. The molecule has 96 valence electrons. The lowest BCUT2D eigenvalue weighted by Crippen LogP contribution is -2.29. The van der Waals surface area contributed by atoms with Crippen molar-refractivity contribution in [2.75, 3.05) is 12.4 Å². The van der Waals surface area contributed by atoms with E-state index >= 15 is 0 Å². The molecule has 0 saturated heterocycles. The molecular weight excluding hydrogens is 237 g/mol. The third-order valence-electron chi connectivity index (χ3n) is 3.27. The summed E-state index contributed by atoms with van der Waals surface area (Å²) < 4.78 is 18.2. The molecule has 0 spiro atoms. The number of hydrogen-bond acceptors (Lipinski definition) is 3. The van der Waals surface area contributed by atoms with Crippen LogP contribution in [-0.4, -0.2) is 18.8 Å². The van der Waals surface area contributed by atoms with Gasteiger partial charge in [-0.1, -0.05) is 0 Å². The second-order valence-corrected chi connectivity index (χ2v) is 4.44. The first-order chi connectivity index (χ1) is 8.49. The van der Waals surface area contributed by atoms with Crippen LogP contribution in [0.25, 0.3) is 0 Å². The number of ketones is 1. The summed E-state index contributed by atoms with van der Waals surface area (Å²) in [6.45, 7) is 1.40. The highest BCUT2D eigenvalue weighted by molar-refractivity contribution is 6.13. The number of rotatable bonds is 4. The molecule has 1 N–H and O–H groups in total. The summed E-state index contributed by atoms with van der Waals surface area (Å²) >= 11 is 0. The Labute approximate surface area is 104 Å². The van der Waals surface area contributed by atoms with Gasteiger partial charge in [0.15, 0.2) is 11.6 Å². The lowest BCUT2D eigenvalue weighted by atomic mass is 10.0. The van der Waals surface area contributed by atoms with Crippen LogP contribution in [0.15, 0.2) is 18.2 Å². The predicted octanol–water partition coefficient (Wildman–Crippen LogP) is 2.14. The van der Waals surface area contributed by atoms with Crippen LogP contribution in [0.1, 0.15) is 19.8 Å². The van der Waals surface area contributed by atoms with Crippen molar-refractivity contribution in [3.05, 3.63) is 24.0 Å². The molecule has 1 aliphatic carbocycles. The molecule has 1 aliphatic rings. The molecule has 5 heteroatoms. The van der Waals surface area contributed by atoms with E-state index in [0.717, 1.165) is 0 Å². The summed E-state index contributed by atoms with van der Waals surface area (Å²) in [6, 6.07) is 4.14. The van der Waals surface area contributed by atoms with Crippen LogP contribution in [-0.2, 0) is 9.59 Å². The maximum absolute atomic E-state index is 13.4. The van der Waals surface area contributed by atoms with Crippen LogP contribution in [0.2, 0.25) is 0 Å². The van der Waals surface area contributed by atoms with E-state index in [1.807, 2.05) is 0 Å². The Hall–Kier alpha value is -1.91. The second kappa shape index (κ2) is 4.40. The third kappa shape index (κ3) is 2.08. The minimum Gasteiger partial charge on any atom is -0.494 e. The monoisotopic (exact) mass is 251 g/mol. The van der Waals surface area contributed by atoms with Gasteiger partial charge in [0, 0.05) is 11.8 Å². The molecule has 0 aliphatic heterocycles. The molecule has 1 saturated carbocycles. The predicted molar refractivity (Wildman–Crippen MR) is 63.9 cm³/mol. The van der Waals surface area contributed by atoms with E-state index in [4.69, 9.17) is 4.74 Å². The Balaban J connectivity index is 2.13. The molecule has 1 aromatic rings. The second-order valence-electron chi connectivity index (χ2n) is 4.44. The van der Waals surface area contributed by atoms with Gasteiger partial charge in [0.1, 0.15) is 11.2 Å². The van der Waals surface area contributed by atoms with Crippen molar-refractivity contribution in [1.82, 2.24) is 0 Å². The van der Waals surface area contributed by atoms with E-state index in [0.29, 0.717) is 18.5 Å². The first-order valence-electron chi connectivity index (χ1n) is 5.65. The van der Waals surface area contributed by atoms with Crippen LogP contribution in [0.5, 0.6) is 5.75 Å². The summed E-state index contributed by atoms with van der Waals surface area (Å²) in [5, 5.41) is 2.56. The van der Waals surface area contributed by atoms with Crippen molar-refractivity contribution in [2.45, 2.75) is 19.8 Å². The number of amides is 1. The van der Waals surface area contributed by atoms with Crippen LogP contribution in [0, 0.1) is 11.2 Å². The lowest BCUT2D eigenvalue weighted by Gasteiger charge is -2.12. The Morgan fingerprint density at radius 1 is 1.39 bits per heavy atom. The molecule has 1 amide bonds. The molecule has 4 nitrogen and oxygen atoms in total. The highest BCUT2D eigenvalue weighted by Crippen LogP contribution is 2.47. The summed E-state index contributed by atoms with van der Waals surface area (Å²) in [6.07, 6.45) is 1.12. The van der Waals surface area contributed by atoms with E-state index in [2.05, 4.69) is 5.32 Å². The molecule has 0 heterocycles. The fourth-order valence-corrected chi connectivity index (χ4v) is 1.86. The van der Waals surface area contributed by atoms with Crippen molar-refractivity contribution in [3.8, 4) is 5.75 Å². The largest absolute Gasteiger partial charge is 0.494 e. The number of nitrogens with one attached hydrogen (secondary N) is 1. The number of carbonyl (C=O) groups is 2. The average Bonchev–Trinajstić information content (AvgIpc) is 3.10. The minimum atomic E-state index is -0.892. The fourth-order valence-electron chi connectivity index (χ4n) is 1.86. The molecule has 2 rings (SSSR count). The number of ether oxygens (including phenoxy) is 1. The lowest BCUT2D eigenvalue weighted by molar-refractivity contribution is -0.131. The molecule has 0 aromatic heterocycles. The molecular formula is C13H14FNO3. The van der Waals surface area contributed by atoms with E-state index in [1.165, 1.54) is 32.2 Å². The number of benzene rings is 1. The van der Waals surface area contributed by atoms with Gasteiger partial charge in [-0.3, -0.25) is 9.59 Å². The zero-order chi connectivity index (χ0) is 13.3. The number of methoxy groups -OCH3 is 1. The number of halogens is 1. The maximum atomic E-state index is 13.4. The van der Waals surface area contributed by atoms with Crippen molar-refractivity contribution in [1.29, 1.82) is 0 Å². The van der Waals surface area contributed by atoms with Crippen LogP contribution < -0.4 is 10.1 Å². The highest BCUT2D eigenvalue weighted by Gasteiger charge is 2.54. The maximum Gasteiger partial charge on any atom is 0.238 e. The Morgan fingerprint density at radius 2 is 2.06 bits per heavy atom. The number of Topliss-reactive ketones (excluding diaryl/α,β-unsaturated/α-hetero) is 1. The molecule has 0 unspecified atom stereocenters. The standard InChI is InChI=1S/C13H14FNO3/c1-8(16)13(5-6-13)12(17)15-9-3-4-11(18-2)10(14)7-9/h3-4,7H,5-6H2,1-2H3,(H,15,17). The van der Waals surface area contributed by atoms with Crippen molar-refractivity contribution >= 4 is 17.4 Å². The van der Waals surface area contributed by atoms with E-state index in [-0.39, 0.29) is 17.4 Å². The summed E-state index contributed by atoms with van der Waals surface area (Å²) in [4.78, 5) is 23.3. The summed E-state index contributed by atoms with van der Waals surface area (Å²) in [5.41, 5.74) is -0.568. The topological polar surface area (TPSA) is 55.4 Å². The first kappa shape index (κ1) is 12.5. The number of carbonyl (C=O) groups excluding carboxylic acids is 2. The van der Waals surface area contributed by atoms with E-state index < -0.39 is 11.2 Å². The Kier molecular flexibility index (Phi) is 3.07. The Morgan fingerprint density at radius 3 is 2.50 bits per heavy atom. The minimum absolute atomic E-state index is 0.112. The fraction of sp³-hybridized carbons (Fsp3) is 0.385. The molecule has 0 bridgehead atoms.